The first-order valence-corrected chi connectivity index (χ1v) is 5.88. The summed E-state index contributed by atoms with van der Waals surface area (Å²) in [5.74, 6) is -1.25. The van der Waals surface area contributed by atoms with Crippen molar-refractivity contribution in [2.75, 3.05) is 0 Å². The van der Waals surface area contributed by atoms with Crippen LogP contribution >= 0.6 is 0 Å². The van der Waals surface area contributed by atoms with Crippen molar-refractivity contribution in [3.8, 4) is 0 Å². The zero-order valence-electron chi connectivity index (χ0n) is 10.2. The van der Waals surface area contributed by atoms with Crippen molar-refractivity contribution in [3.63, 3.8) is 0 Å². The van der Waals surface area contributed by atoms with Gasteiger partial charge in [0.1, 0.15) is 11.6 Å². The van der Waals surface area contributed by atoms with Crippen LogP contribution in [-0.2, 0) is 10.4 Å². The summed E-state index contributed by atoms with van der Waals surface area (Å²) >= 11 is 0. The molecule has 4 heteroatoms. The van der Waals surface area contributed by atoms with E-state index >= 15 is 0 Å². The third kappa shape index (κ3) is 2.36. The second kappa shape index (κ2) is 5.22. The van der Waals surface area contributed by atoms with Gasteiger partial charge in [0.15, 0.2) is 0 Å². The number of hydrogen-bond donors (Lipinski definition) is 3. The summed E-state index contributed by atoms with van der Waals surface area (Å²) in [6.07, 6.45) is 0. The fraction of sp³-hybridized carbons (Fsp3) is 0.133. The molecule has 0 unspecified atom stereocenters. The monoisotopic (exact) mass is 257 g/mol. The maximum atomic E-state index is 11.2. The second-order valence-electron chi connectivity index (χ2n) is 4.31. The van der Waals surface area contributed by atoms with Gasteiger partial charge in [-0.15, -0.1) is 0 Å². The summed E-state index contributed by atoms with van der Waals surface area (Å²) < 4.78 is 0. The molecule has 0 fully saturated rings. The highest BCUT2D eigenvalue weighted by molar-refractivity contribution is 5.76. The average Bonchev–Trinajstić information content (AvgIpc) is 2.47. The Morgan fingerprint density at radius 3 is 1.63 bits per heavy atom. The first-order chi connectivity index (χ1) is 9.06. The lowest BCUT2D eigenvalue weighted by atomic mass is 9.80. The van der Waals surface area contributed by atoms with Gasteiger partial charge in [-0.1, -0.05) is 60.7 Å². The first kappa shape index (κ1) is 13.3. The third-order valence-corrected chi connectivity index (χ3v) is 3.14. The third-order valence-electron chi connectivity index (χ3n) is 3.14. The predicted molar refractivity (Wildman–Crippen MR) is 71.5 cm³/mol. The quantitative estimate of drug-likeness (QED) is 0.771. The molecule has 0 aliphatic rings. The fourth-order valence-electron chi connectivity index (χ4n) is 2.09. The van der Waals surface area contributed by atoms with Crippen molar-refractivity contribution in [3.05, 3.63) is 71.8 Å². The van der Waals surface area contributed by atoms with E-state index in [-0.39, 0.29) is 0 Å². The second-order valence-corrected chi connectivity index (χ2v) is 4.31. The van der Waals surface area contributed by atoms with Gasteiger partial charge in [0.05, 0.1) is 0 Å². The molecule has 0 saturated carbocycles. The van der Waals surface area contributed by atoms with Crippen LogP contribution in [0, 0.1) is 0 Å². The molecule has 0 aliphatic carbocycles. The summed E-state index contributed by atoms with van der Waals surface area (Å²) in [4.78, 5) is 11.2. The molecule has 2 rings (SSSR count). The lowest BCUT2D eigenvalue weighted by Crippen LogP contribution is -2.51. The number of rotatable bonds is 4. The molecule has 1 atom stereocenters. The zero-order chi connectivity index (χ0) is 13.9. The highest BCUT2D eigenvalue weighted by Gasteiger charge is 2.42. The Balaban J connectivity index is 2.61. The van der Waals surface area contributed by atoms with Crippen LogP contribution in [0.5, 0.6) is 0 Å². The van der Waals surface area contributed by atoms with E-state index in [1.807, 2.05) is 0 Å². The summed E-state index contributed by atoms with van der Waals surface area (Å²) in [6.45, 7) is 0. The van der Waals surface area contributed by atoms with E-state index in [9.17, 15) is 9.90 Å². The molecule has 0 aromatic heterocycles. The van der Waals surface area contributed by atoms with Crippen molar-refractivity contribution in [1.29, 1.82) is 0 Å². The molecule has 0 spiro atoms. The molecule has 0 heterocycles. The fourth-order valence-corrected chi connectivity index (χ4v) is 2.09. The largest absolute Gasteiger partial charge is 0.480 e. The number of nitrogens with two attached hydrogens (primary N) is 1. The van der Waals surface area contributed by atoms with Crippen molar-refractivity contribution in [2.24, 2.45) is 5.73 Å². The minimum absolute atomic E-state index is 0.455. The highest BCUT2D eigenvalue weighted by atomic mass is 16.4. The molecule has 2 aromatic rings. The van der Waals surface area contributed by atoms with Crippen LogP contribution in [0.25, 0.3) is 0 Å². The van der Waals surface area contributed by atoms with Gasteiger partial charge in [-0.2, -0.15) is 0 Å². The number of carboxylic acid groups (broad SMARTS) is 1. The van der Waals surface area contributed by atoms with Crippen LogP contribution in [-0.4, -0.2) is 22.2 Å². The Hall–Kier alpha value is -2.17. The van der Waals surface area contributed by atoms with Crippen LogP contribution < -0.4 is 5.73 Å². The van der Waals surface area contributed by atoms with Gasteiger partial charge in [-0.05, 0) is 11.1 Å². The maximum absolute atomic E-state index is 11.2. The molecule has 98 valence electrons. The van der Waals surface area contributed by atoms with E-state index in [1.165, 1.54) is 0 Å². The standard InChI is InChI=1S/C15H15NO3/c16-13(14(17)18)15(19,11-7-3-1-4-8-11)12-9-5-2-6-10-12/h1-10,13,19H,16H2,(H,17,18)/t13-/m0/s1. The Kier molecular flexibility index (Phi) is 3.64. The van der Waals surface area contributed by atoms with Gasteiger partial charge in [0.25, 0.3) is 0 Å². The minimum atomic E-state index is -1.76. The highest BCUT2D eigenvalue weighted by Crippen LogP contribution is 2.32. The predicted octanol–water partition coefficient (Wildman–Crippen LogP) is 1.33. The van der Waals surface area contributed by atoms with Crippen molar-refractivity contribution in [2.45, 2.75) is 11.6 Å². The number of carboxylic acids is 1. The SMILES string of the molecule is N[C@@H](C(=O)O)C(O)(c1ccccc1)c1ccccc1. The number of aliphatic carboxylic acids is 1. The molecular weight excluding hydrogens is 242 g/mol. The van der Waals surface area contributed by atoms with Gasteiger partial charge in [0.2, 0.25) is 0 Å². The van der Waals surface area contributed by atoms with E-state index in [2.05, 4.69) is 0 Å². The smallest absolute Gasteiger partial charge is 0.324 e. The van der Waals surface area contributed by atoms with Crippen LogP contribution in [0.3, 0.4) is 0 Å². The van der Waals surface area contributed by atoms with Gasteiger partial charge < -0.3 is 15.9 Å². The van der Waals surface area contributed by atoms with Crippen LogP contribution in [0.4, 0.5) is 0 Å². The van der Waals surface area contributed by atoms with Crippen LogP contribution in [0.1, 0.15) is 11.1 Å². The van der Waals surface area contributed by atoms with E-state index in [0.717, 1.165) is 0 Å². The van der Waals surface area contributed by atoms with Gasteiger partial charge in [0, 0.05) is 0 Å². The lowest BCUT2D eigenvalue weighted by Gasteiger charge is -2.32. The zero-order valence-corrected chi connectivity index (χ0v) is 10.2. The van der Waals surface area contributed by atoms with E-state index in [0.29, 0.717) is 11.1 Å². The summed E-state index contributed by atoms with van der Waals surface area (Å²) in [5.41, 5.74) is 4.86. The topological polar surface area (TPSA) is 83.6 Å². The summed E-state index contributed by atoms with van der Waals surface area (Å²) in [5, 5.41) is 20.0. The molecule has 0 amide bonds. The molecule has 0 bridgehead atoms. The van der Waals surface area contributed by atoms with Crippen molar-refractivity contribution >= 4 is 5.97 Å². The summed E-state index contributed by atoms with van der Waals surface area (Å²) in [6, 6.07) is 15.7. The lowest BCUT2D eigenvalue weighted by molar-refractivity contribution is -0.144. The van der Waals surface area contributed by atoms with Gasteiger partial charge in [-0.25, -0.2) is 0 Å². The Morgan fingerprint density at radius 2 is 1.32 bits per heavy atom. The number of carbonyl (C=O) groups is 1. The van der Waals surface area contributed by atoms with E-state index in [1.54, 1.807) is 60.7 Å². The Morgan fingerprint density at radius 1 is 0.947 bits per heavy atom. The van der Waals surface area contributed by atoms with Gasteiger partial charge >= 0.3 is 5.97 Å². The molecular formula is C15H15NO3. The van der Waals surface area contributed by atoms with Crippen LogP contribution in [0.2, 0.25) is 0 Å². The number of aliphatic hydroxyl groups is 1. The Labute approximate surface area is 111 Å². The Bertz CT molecular complexity index is 515. The molecule has 0 aliphatic heterocycles. The first-order valence-electron chi connectivity index (χ1n) is 5.88. The molecule has 2 aromatic carbocycles. The minimum Gasteiger partial charge on any atom is -0.480 e. The van der Waals surface area contributed by atoms with E-state index in [4.69, 9.17) is 10.8 Å². The van der Waals surface area contributed by atoms with Crippen molar-refractivity contribution in [1.82, 2.24) is 0 Å². The number of hydrogen-bond acceptors (Lipinski definition) is 3. The molecule has 4 nitrogen and oxygen atoms in total. The normalized spacial score (nSPS) is 12.9. The molecule has 0 saturated heterocycles. The van der Waals surface area contributed by atoms with E-state index < -0.39 is 17.6 Å². The molecule has 0 radical (unpaired) electrons. The molecule has 19 heavy (non-hydrogen) atoms. The summed E-state index contributed by atoms with van der Waals surface area (Å²) in [7, 11) is 0. The van der Waals surface area contributed by atoms with Gasteiger partial charge in [-0.3, -0.25) is 4.79 Å². The average molecular weight is 257 g/mol. The molecule has 4 N–H and O–H groups in total. The van der Waals surface area contributed by atoms with Crippen molar-refractivity contribution < 1.29 is 15.0 Å². The number of benzene rings is 2. The maximum Gasteiger partial charge on any atom is 0.324 e. The van der Waals surface area contributed by atoms with Crippen LogP contribution in [0.15, 0.2) is 60.7 Å².